The maximum absolute atomic E-state index is 3.60. The zero-order chi connectivity index (χ0) is 13.5. The first-order valence-corrected chi connectivity index (χ1v) is 10.8. The van der Waals surface area contributed by atoms with E-state index >= 15 is 0 Å². The summed E-state index contributed by atoms with van der Waals surface area (Å²) in [5, 5.41) is 0. The van der Waals surface area contributed by atoms with Crippen LogP contribution in [0.5, 0.6) is 0 Å². The number of nitrogens with zero attached hydrogens (tertiary/aromatic N) is 1. The Morgan fingerprint density at radius 2 is 1.89 bits per heavy atom. The molecule has 1 spiro atoms. The smallest absolute Gasteiger partial charge is 0.129 e. The molecule has 100 valence electrons. The van der Waals surface area contributed by atoms with E-state index in [1.54, 1.807) is 0 Å². The Balaban J connectivity index is 1.73. The zero-order valence-electron chi connectivity index (χ0n) is 12.2. The van der Waals surface area contributed by atoms with E-state index in [-0.39, 0.29) is 0 Å². The van der Waals surface area contributed by atoms with Crippen LogP contribution in [0.3, 0.4) is 0 Å². The normalized spacial score (nSPS) is 27.3. The lowest BCUT2D eigenvalue weighted by Gasteiger charge is -2.26. The van der Waals surface area contributed by atoms with Crippen molar-refractivity contribution in [1.29, 1.82) is 0 Å². The van der Waals surface area contributed by atoms with Crippen LogP contribution in [-0.4, -0.2) is 24.6 Å². The first-order valence-electron chi connectivity index (χ1n) is 7.35. The number of hydrogen-bond acceptors (Lipinski definition) is 1. The van der Waals surface area contributed by atoms with Gasteiger partial charge in [-0.2, -0.15) is 0 Å². The highest BCUT2D eigenvalue weighted by molar-refractivity contribution is 6.83. The Morgan fingerprint density at radius 1 is 1.21 bits per heavy atom. The fourth-order valence-electron chi connectivity index (χ4n) is 3.06. The standard InChI is InChI=1S/C17H23NSi/c1-19(2,3)13-10-16-17(11-7-12-17)18(16)14-15-8-5-4-6-9-15/h4-6,8-9,16H,7,11-12,14H2,1-3H3. The van der Waals surface area contributed by atoms with Crippen LogP contribution in [-0.2, 0) is 6.54 Å². The molecule has 2 fully saturated rings. The molecule has 0 N–H and O–H groups in total. The van der Waals surface area contributed by atoms with Crippen molar-refractivity contribution in [3.63, 3.8) is 0 Å². The minimum absolute atomic E-state index is 0.461. The van der Waals surface area contributed by atoms with E-state index in [1.165, 1.54) is 24.8 Å². The van der Waals surface area contributed by atoms with Crippen molar-refractivity contribution in [2.24, 2.45) is 0 Å². The van der Waals surface area contributed by atoms with Crippen LogP contribution in [0.2, 0.25) is 19.6 Å². The predicted octanol–water partition coefficient (Wildman–Crippen LogP) is 3.67. The van der Waals surface area contributed by atoms with E-state index in [1.807, 2.05) is 0 Å². The predicted molar refractivity (Wildman–Crippen MR) is 83.5 cm³/mol. The van der Waals surface area contributed by atoms with Gasteiger partial charge in [-0.1, -0.05) is 55.9 Å². The van der Waals surface area contributed by atoms with Crippen LogP contribution >= 0.6 is 0 Å². The molecule has 1 nitrogen and oxygen atoms in total. The van der Waals surface area contributed by atoms with Crippen LogP contribution in [0.4, 0.5) is 0 Å². The summed E-state index contributed by atoms with van der Waals surface area (Å²) in [6.45, 7) is 8.07. The summed E-state index contributed by atoms with van der Waals surface area (Å²) in [6, 6.07) is 11.4. The number of rotatable bonds is 2. The molecular weight excluding hydrogens is 246 g/mol. The van der Waals surface area contributed by atoms with Gasteiger partial charge in [-0.05, 0) is 24.8 Å². The highest BCUT2D eigenvalue weighted by atomic mass is 28.3. The molecule has 1 saturated carbocycles. The molecule has 0 bridgehead atoms. The van der Waals surface area contributed by atoms with Gasteiger partial charge in [0.05, 0.1) is 6.04 Å². The van der Waals surface area contributed by atoms with Gasteiger partial charge in [0.15, 0.2) is 0 Å². The Labute approximate surface area is 118 Å². The fraction of sp³-hybridized carbons (Fsp3) is 0.529. The first-order chi connectivity index (χ1) is 9.01. The maximum atomic E-state index is 3.60. The summed E-state index contributed by atoms with van der Waals surface area (Å²) < 4.78 is 0. The van der Waals surface area contributed by atoms with Crippen molar-refractivity contribution in [3.05, 3.63) is 35.9 Å². The molecule has 19 heavy (non-hydrogen) atoms. The largest absolute Gasteiger partial charge is 0.276 e. The molecule has 2 unspecified atom stereocenters. The van der Waals surface area contributed by atoms with Gasteiger partial charge >= 0.3 is 0 Å². The summed E-state index contributed by atoms with van der Waals surface area (Å²) >= 11 is 0. The van der Waals surface area contributed by atoms with E-state index < -0.39 is 8.07 Å². The maximum Gasteiger partial charge on any atom is 0.129 e. The average Bonchev–Trinajstić information content (AvgIpc) is 2.94. The van der Waals surface area contributed by atoms with Crippen molar-refractivity contribution in [1.82, 2.24) is 4.90 Å². The molecule has 1 aliphatic carbocycles. The van der Waals surface area contributed by atoms with Crippen LogP contribution in [0.15, 0.2) is 30.3 Å². The molecule has 0 radical (unpaired) electrons. The summed E-state index contributed by atoms with van der Waals surface area (Å²) in [4.78, 5) is 2.62. The third-order valence-corrected chi connectivity index (χ3v) is 5.22. The summed E-state index contributed by atoms with van der Waals surface area (Å²) in [5.74, 6) is 3.60. The van der Waals surface area contributed by atoms with Gasteiger partial charge in [0.25, 0.3) is 0 Å². The van der Waals surface area contributed by atoms with Gasteiger partial charge in [-0.3, -0.25) is 4.90 Å². The minimum Gasteiger partial charge on any atom is -0.276 e. The summed E-state index contributed by atoms with van der Waals surface area (Å²) in [7, 11) is -1.24. The van der Waals surface area contributed by atoms with Gasteiger partial charge in [0.2, 0.25) is 0 Å². The SMILES string of the molecule is C[Si](C)(C)C#CC1N(Cc2ccccc2)C12CCC2. The van der Waals surface area contributed by atoms with E-state index in [0.717, 1.165) is 6.54 Å². The van der Waals surface area contributed by atoms with E-state index in [4.69, 9.17) is 0 Å². The van der Waals surface area contributed by atoms with Gasteiger partial charge < -0.3 is 0 Å². The fourth-order valence-corrected chi connectivity index (χ4v) is 3.63. The number of hydrogen-bond donors (Lipinski definition) is 0. The second-order valence-electron chi connectivity index (χ2n) is 6.99. The molecule has 0 amide bonds. The van der Waals surface area contributed by atoms with Gasteiger partial charge in [0.1, 0.15) is 8.07 Å². The monoisotopic (exact) mass is 269 g/mol. The Bertz CT molecular complexity index is 514. The number of benzene rings is 1. The topological polar surface area (TPSA) is 3.01 Å². The summed E-state index contributed by atoms with van der Waals surface area (Å²) in [6.07, 6.45) is 4.09. The van der Waals surface area contributed by atoms with Gasteiger partial charge in [-0.25, -0.2) is 0 Å². The second kappa shape index (κ2) is 4.51. The van der Waals surface area contributed by atoms with Crippen LogP contribution in [0.1, 0.15) is 24.8 Å². The molecule has 1 aromatic rings. The van der Waals surface area contributed by atoms with E-state index in [2.05, 4.69) is 66.3 Å². The zero-order valence-corrected chi connectivity index (χ0v) is 13.2. The third-order valence-electron chi connectivity index (χ3n) is 4.32. The lowest BCUT2D eigenvalue weighted by molar-refractivity contribution is 0.270. The lowest BCUT2D eigenvalue weighted by atomic mass is 9.81. The Kier molecular flexibility index (Phi) is 3.07. The molecule has 1 heterocycles. The van der Waals surface area contributed by atoms with Crippen molar-refractivity contribution >= 4 is 8.07 Å². The molecule has 3 rings (SSSR count). The molecule has 2 atom stereocenters. The second-order valence-corrected chi connectivity index (χ2v) is 11.7. The minimum atomic E-state index is -1.24. The molecule has 2 heteroatoms. The highest BCUT2D eigenvalue weighted by Gasteiger charge is 2.64. The van der Waals surface area contributed by atoms with Crippen molar-refractivity contribution in [3.8, 4) is 11.5 Å². The lowest BCUT2D eigenvalue weighted by Crippen LogP contribution is -2.28. The quantitative estimate of drug-likeness (QED) is 0.450. The molecule has 2 aliphatic rings. The molecule has 1 aromatic carbocycles. The van der Waals surface area contributed by atoms with E-state index in [9.17, 15) is 0 Å². The molecule has 1 saturated heterocycles. The first kappa shape index (κ1) is 13.0. The van der Waals surface area contributed by atoms with Crippen molar-refractivity contribution < 1.29 is 0 Å². The third kappa shape index (κ3) is 2.50. The van der Waals surface area contributed by atoms with Crippen molar-refractivity contribution in [2.45, 2.75) is 57.0 Å². The van der Waals surface area contributed by atoms with Crippen LogP contribution in [0, 0.1) is 11.5 Å². The van der Waals surface area contributed by atoms with E-state index in [0.29, 0.717) is 11.6 Å². The molecule has 1 aliphatic heterocycles. The van der Waals surface area contributed by atoms with Crippen LogP contribution < -0.4 is 0 Å². The summed E-state index contributed by atoms with van der Waals surface area (Å²) in [5.41, 5.74) is 5.45. The van der Waals surface area contributed by atoms with Crippen molar-refractivity contribution in [2.75, 3.05) is 0 Å². The molecular formula is C17H23NSi. The Hall–Kier alpha value is -1.04. The average molecular weight is 269 g/mol. The van der Waals surface area contributed by atoms with Gasteiger partial charge in [-0.15, -0.1) is 5.54 Å². The highest BCUT2D eigenvalue weighted by Crippen LogP contribution is 2.55. The molecule has 0 aromatic heterocycles. The van der Waals surface area contributed by atoms with Crippen LogP contribution in [0.25, 0.3) is 0 Å². The van der Waals surface area contributed by atoms with Gasteiger partial charge in [0, 0.05) is 12.1 Å². The Morgan fingerprint density at radius 3 is 2.42 bits per heavy atom.